The van der Waals surface area contributed by atoms with Gasteiger partial charge in [0.15, 0.2) is 0 Å². The third kappa shape index (κ3) is 4.75. The van der Waals surface area contributed by atoms with Crippen LogP contribution in [-0.4, -0.2) is 0 Å². The van der Waals surface area contributed by atoms with E-state index in [9.17, 15) is 0 Å². The normalized spacial score (nSPS) is 14.1. The molecule has 0 aromatic heterocycles. The Morgan fingerprint density at radius 3 is 1.82 bits per heavy atom. The molecule has 0 spiro atoms. The first-order chi connectivity index (χ1) is 7.70. The van der Waals surface area contributed by atoms with Gasteiger partial charge in [-0.05, 0) is 47.4 Å². The monoisotopic (exact) mass is 360 g/mol. The van der Waals surface area contributed by atoms with Crippen molar-refractivity contribution in [2.24, 2.45) is 11.3 Å². The highest BCUT2D eigenvalue weighted by Crippen LogP contribution is 2.41. The van der Waals surface area contributed by atoms with E-state index in [2.05, 4.69) is 84.7 Å². The van der Waals surface area contributed by atoms with Crippen LogP contribution in [-0.2, 0) is 0 Å². The van der Waals surface area contributed by atoms with Crippen molar-refractivity contribution in [3.63, 3.8) is 0 Å². The molecule has 0 saturated heterocycles. The van der Waals surface area contributed by atoms with Gasteiger partial charge >= 0.3 is 0 Å². The molecule has 0 aliphatic carbocycles. The summed E-state index contributed by atoms with van der Waals surface area (Å²) in [7, 11) is 0. The zero-order chi connectivity index (χ0) is 13.2. The second-order valence-corrected chi connectivity index (χ2v) is 8.08. The van der Waals surface area contributed by atoms with Crippen molar-refractivity contribution in [3.8, 4) is 0 Å². The number of benzene rings is 1. The molecule has 0 nitrogen and oxygen atoms in total. The lowest BCUT2D eigenvalue weighted by Crippen LogP contribution is -2.20. The second-order valence-electron chi connectivity index (χ2n) is 6.25. The average molecular weight is 362 g/mol. The maximum absolute atomic E-state index is 3.58. The van der Waals surface area contributed by atoms with Crippen molar-refractivity contribution in [3.05, 3.63) is 32.7 Å². The highest BCUT2D eigenvalue weighted by Gasteiger charge is 2.27. The number of hydrogen-bond acceptors (Lipinski definition) is 0. The zero-order valence-electron chi connectivity index (χ0n) is 11.3. The predicted molar refractivity (Wildman–Crippen MR) is 83.5 cm³/mol. The molecule has 0 aliphatic rings. The van der Waals surface area contributed by atoms with E-state index >= 15 is 0 Å². The van der Waals surface area contributed by atoms with Crippen LogP contribution in [0, 0.1) is 11.3 Å². The van der Waals surface area contributed by atoms with E-state index in [0.717, 1.165) is 14.9 Å². The molecular formula is C15H22Br2. The van der Waals surface area contributed by atoms with Crippen molar-refractivity contribution in [1.82, 2.24) is 0 Å². The van der Waals surface area contributed by atoms with Crippen LogP contribution in [0.15, 0.2) is 27.1 Å². The summed E-state index contributed by atoms with van der Waals surface area (Å²) in [5.41, 5.74) is 1.72. The van der Waals surface area contributed by atoms with Gasteiger partial charge in [0.2, 0.25) is 0 Å². The van der Waals surface area contributed by atoms with Crippen molar-refractivity contribution in [1.29, 1.82) is 0 Å². The number of halogens is 2. The Morgan fingerprint density at radius 1 is 1.00 bits per heavy atom. The highest BCUT2D eigenvalue weighted by molar-refractivity contribution is 9.11. The Kier molecular flexibility index (Phi) is 5.27. The van der Waals surface area contributed by atoms with E-state index in [4.69, 9.17) is 0 Å². The van der Waals surface area contributed by atoms with Gasteiger partial charge in [0.05, 0.1) is 0 Å². The molecule has 0 amide bonds. The van der Waals surface area contributed by atoms with Crippen molar-refractivity contribution < 1.29 is 0 Å². The third-order valence-electron chi connectivity index (χ3n) is 3.04. The predicted octanol–water partition coefficient (Wildman–Crippen LogP) is 6.39. The lowest BCUT2D eigenvalue weighted by Gasteiger charge is -2.33. The van der Waals surface area contributed by atoms with Gasteiger partial charge < -0.3 is 0 Å². The fourth-order valence-electron chi connectivity index (χ4n) is 2.24. The summed E-state index contributed by atoms with van der Waals surface area (Å²) in [4.78, 5) is 0. The second kappa shape index (κ2) is 5.88. The Balaban J connectivity index is 3.12. The van der Waals surface area contributed by atoms with E-state index in [0.29, 0.717) is 11.3 Å². The van der Waals surface area contributed by atoms with Gasteiger partial charge in [0.1, 0.15) is 0 Å². The fraction of sp³-hybridized carbons (Fsp3) is 0.600. The summed E-state index contributed by atoms with van der Waals surface area (Å²) >= 11 is 7.17. The molecule has 0 fully saturated rings. The maximum atomic E-state index is 3.58. The van der Waals surface area contributed by atoms with Crippen LogP contribution in [0.5, 0.6) is 0 Å². The van der Waals surface area contributed by atoms with Crippen molar-refractivity contribution >= 4 is 31.9 Å². The molecule has 96 valence electrons. The lowest BCUT2D eigenvalue weighted by molar-refractivity contribution is 0.280. The Morgan fingerprint density at radius 2 is 1.47 bits per heavy atom. The van der Waals surface area contributed by atoms with Gasteiger partial charge in [-0.1, -0.05) is 66.5 Å². The van der Waals surface area contributed by atoms with E-state index in [1.165, 1.54) is 12.0 Å². The molecule has 1 aromatic carbocycles. The molecule has 1 rings (SSSR count). The molecule has 0 N–H and O–H groups in total. The van der Waals surface area contributed by atoms with Gasteiger partial charge in [-0.25, -0.2) is 0 Å². The molecule has 17 heavy (non-hydrogen) atoms. The quantitative estimate of drug-likeness (QED) is 0.585. The van der Waals surface area contributed by atoms with Crippen LogP contribution in [0.1, 0.15) is 52.5 Å². The zero-order valence-corrected chi connectivity index (χ0v) is 14.5. The first kappa shape index (κ1) is 15.2. The minimum absolute atomic E-state index is 0.296. The minimum atomic E-state index is 0.296. The summed E-state index contributed by atoms with van der Waals surface area (Å²) in [6.07, 6.45) is 1.23. The first-order valence-corrected chi connectivity index (χ1v) is 7.74. The molecule has 1 aromatic rings. The van der Waals surface area contributed by atoms with Crippen molar-refractivity contribution in [2.45, 2.75) is 47.0 Å². The van der Waals surface area contributed by atoms with E-state index in [-0.39, 0.29) is 0 Å². The van der Waals surface area contributed by atoms with Gasteiger partial charge in [-0.15, -0.1) is 0 Å². The first-order valence-electron chi connectivity index (χ1n) is 6.16. The minimum Gasteiger partial charge on any atom is -0.0628 e. The Hall–Kier alpha value is 0.180. The topological polar surface area (TPSA) is 0 Å². The van der Waals surface area contributed by atoms with Gasteiger partial charge in [0.25, 0.3) is 0 Å². The molecule has 0 radical (unpaired) electrons. The molecule has 0 bridgehead atoms. The molecule has 1 unspecified atom stereocenters. The van der Waals surface area contributed by atoms with Crippen LogP contribution >= 0.6 is 31.9 Å². The van der Waals surface area contributed by atoms with Gasteiger partial charge in [-0.3, -0.25) is 0 Å². The standard InChI is InChI=1S/C15H22Br2/c1-10(2)6-14(15(3,4)5)11-7-12(16)9-13(17)8-11/h7-10,14H,6H2,1-5H3. The Labute approximate surface area is 122 Å². The van der Waals surface area contributed by atoms with Gasteiger partial charge in [0, 0.05) is 8.95 Å². The third-order valence-corrected chi connectivity index (χ3v) is 3.96. The molecule has 2 heteroatoms. The molecule has 0 heterocycles. The summed E-state index contributed by atoms with van der Waals surface area (Å²) in [6.45, 7) is 11.6. The number of rotatable bonds is 3. The summed E-state index contributed by atoms with van der Waals surface area (Å²) < 4.78 is 2.31. The SMILES string of the molecule is CC(C)CC(c1cc(Br)cc(Br)c1)C(C)(C)C. The average Bonchev–Trinajstić information content (AvgIpc) is 2.10. The van der Waals surface area contributed by atoms with E-state index in [1.807, 2.05) is 0 Å². The molecule has 0 saturated carbocycles. The van der Waals surface area contributed by atoms with Crippen LogP contribution in [0.4, 0.5) is 0 Å². The Bertz CT molecular complexity index is 355. The fourth-order valence-corrected chi connectivity index (χ4v) is 3.57. The maximum Gasteiger partial charge on any atom is 0.0189 e. The number of hydrogen-bond donors (Lipinski definition) is 0. The van der Waals surface area contributed by atoms with E-state index < -0.39 is 0 Å². The molecular weight excluding hydrogens is 340 g/mol. The molecule has 0 aliphatic heterocycles. The smallest absolute Gasteiger partial charge is 0.0189 e. The van der Waals surface area contributed by atoms with Crippen LogP contribution in [0.2, 0.25) is 0 Å². The van der Waals surface area contributed by atoms with Crippen LogP contribution in [0.25, 0.3) is 0 Å². The highest BCUT2D eigenvalue weighted by atomic mass is 79.9. The summed E-state index contributed by atoms with van der Waals surface area (Å²) in [5, 5.41) is 0. The van der Waals surface area contributed by atoms with Crippen LogP contribution in [0.3, 0.4) is 0 Å². The summed E-state index contributed by atoms with van der Waals surface area (Å²) in [6, 6.07) is 6.60. The lowest BCUT2D eigenvalue weighted by atomic mass is 9.72. The molecule has 1 atom stereocenters. The van der Waals surface area contributed by atoms with Gasteiger partial charge in [-0.2, -0.15) is 0 Å². The summed E-state index contributed by atoms with van der Waals surface area (Å²) in [5.74, 6) is 1.31. The van der Waals surface area contributed by atoms with E-state index in [1.54, 1.807) is 0 Å². The largest absolute Gasteiger partial charge is 0.0628 e. The van der Waals surface area contributed by atoms with Crippen molar-refractivity contribution in [2.75, 3.05) is 0 Å². The van der Waals surface area contributed by atoms with Crippen LogP contribution < -0.4 is 0 Å².